The summed E-state index contributed by atoms with van der Waals surface area (Å²) in [6.07, 6.45) is 3.28. The van der Waals surface area contributed by atoms with E-state index in [9.17, 15) is 13.2 Å². The Kier molecular flexibility index (Phi) is 5.77. The maximum atomic E-state index is 13.0. The van der Waals surface area contributed by atoms with Crippen LogP contribution in [0.4, 0.5) is 0 Å². The van der Waals surface area contributed by atoms with E-state index in [1.165, 1.54) is 16.8 Å². The van der Waals surface area contributed by atoms with E-state index in [-0.39, 0.29) is 23.1 Å². The number of carbonyl (C=O) groups excluding carboxylic acids is 1. The van der Waals surface area contributed by atoms with Crippen molar-refractivity contribution in [2.75, 3.05) is 13.7 Å². The Bertz CT molecular complexity index is 1370. The molecule has 1 atom stereocenters. The highest BCUT2D eigenvalue weighted by molar-refractivity contribution is 7.89. The molecule has 2 aromatic heterocycles. The highest BCUT2D eigenvalue weighted by Crippen LogP contribution is 2.31. The van der Waals surface area contributed by atoms with Crippen molar-refractivity contribution in [2.24, 2.45) is 12.8 Å². The van der Waals surface area contributed by atoms with Gasteiger partial charge in [-0.2, -0.15) is 0 Å². The van der Waals surface area contributed by atoms with Crippen molar-refractivity contribution in [3.63, 3.8) is 0 Å². The summed E-state index contributed by atoms with van der Waals surface area (Å²) in [5, 5.41) is 1.02. The lowest BCUT2D eigenvalue weighted by Gasteiger charge is -2.18. The van der Waals surface area contributed by atoms with Gasteiger partial charge < -0.3 is 20.0 Å². The number of aromatic amines is 1. The van der Waals surface area contributed by atoms with Crippen LogP contribution >= 0.6 is 0 Å². The Hall–Kier alpha value is -3.56. The molecule has 0 aliphatic heterocycles. The number of aryl methyl sites for hydroxylation is 1. The van der Waals surface area contributed by atoms with E-state index in [0.717, 1.165) is 27.8 Å². The second kappa shape index (κ2) is 8.52. The van der Waals surface area contributed by atoms with Crippen molar-refractivity contribution in [3.05, 3.63) is 83.8 Å². The zero-order chi connectivity index (χ0) is 22.9. The summed E-state index contributed by atoms with van der Waals surface area (Å²) < 4.78 is 35.3. The third-order valence-electron chi connectivity index (χ3n) is 5.53. The molecule has 0 radical (unpaired) electrons. The van der Waals surface area contributed by atoms with E-state index in [4.69, 9.17) is 10.5 Å². The van der Waals surface area contributed by atoms with Gasteiger partial charge in [-0.15, -0.1) is 0 Å². The number of para-hydroxylation sites is 1. The Morgan fingerprint density at radius 2 is 1.91 bits per heavy atom. The second-order valence-corrected chi connectivity index (χ2v) is 9.27. The molecule has 2 heterocycles. The number of rotatable bonds is 8. The van der Waals surface area contributed by atoms with Crippen molar-refractivity contribution < 1.29 is 17.9 Å². The Morgan fingerprint density at radius 1 is 1.19 bits per heavy atom. The molecular formula is C23H24N4O4S. The van der Waals surface area contributed by atoms with Crippen molar-refractivity contribution in [1.29, 1.82) is 0 Å². The summed E-state index contributed by atoms with van der Waals surface area (Å²) in [4.78, 5) is 14.8. The molecule has 0 spiro atoms. The molecule has 8 nitrogen and oxygen atoms in total. The van der Waals surface area contributed by atoms with Crippen LogP contribution in [0.3, 0.4) is 0 Å². The number of fused-ring (bicyclic) bond motifs is 1. The zero-order valence-electron chi connectivity index (χ0n) is 17.7. The number of primary amides is 1. The highest BCUT2D eigenvalue weighted by Gasteiger charge is 2.24. The van der Waals surface area contributed by atoms with Gasteiger partial charge in [0.1, 0.15) is 16.3 Å². The molecule has 9 heteroatoms. The summed E-state index contributed by atoms with van der Waals surface area (Å²) in [5.74, 6) is -0.231. The monoisotopic (exact) mass is 452 g/mol. The van der Waals surface area contributed by atoms with E-state index in [1.807, 2.05) is 54.7 Å². The maximum Gasteiger partial charge on any atom is 0.265 e. The molecule has 166 valence electrons. The van der Waals surface area contributed by atoms with Gasteiger partial charge in [-0.1, -0.05) is 30.3 Å². The van der Waals surface area contributed by atoms with Crippen molar-refractivity contribution in [3.8, 4) is 5.75 Å². The number of methoxy groups -OCH3 is 1. The van der Waals surface area contributed by atoms with Crippen LogP contribution in [0.5, 0.6) is 5.75 Å². The molecule has 32 heavy (non-hydrogen) atoms. The standard InChI is InChI=1S/C23H24N4O4S/c1-27-14-17(11-22(27)23(24)28)32(29,30)26-13-19(15-7-9-16(31-2)10-8-15)20-12-25-21-6-4-3-5-18(20)21/h3-12,14,19,25-26H,13H2,1-2H3,(H2,24,28). The number of nitrogens with zero attached hydrogens (tertiary/aromatic N) is 1. The van der Waals surface area contributed by atoms with E-state index in [2.05, 4.69) is 9.71 Å². The van der Waals surface area contributed by atoms with Gasteiger partial charge in [-0.3, -0.25) is 4.79 Å². The molecule has 0 fully saturated rings. The first kappa shape index (κ1) is 21.7. The molecular weight excluding hydrogens is 428 g/mol. The van der Waals surface area contributed by atoms with Gasteiger partial charge >= 0.3 is 0 Å². The number of hydrogen-bond donors (Lipinski definition) is 3. The number of nitrogens with one attached hydrogen (secondary N) is 2. The van der Waals surface area contributed by atoms with Crippen LogP contribution in [-0.4, -0.2) is 37.5 Å². The van der Waals surface area contributed by atoms with Crippen LogP contribution in [-0.2, 0) is 17.1 Å². The lowest BCUT2D eigenvalue weighted by atomic mass is 9.91. The molecule has 0 aliphatic rings. The van der Waals surface area contributed by atoms with E-state index < -0.39 is 15.9 Å². The summed E-state index contributed by atoms with van der Waals surface area (Å²) >= 11 is 0. The fourth-order valence-electron chi connectivity index (χ4n) is 3.83. The van der Waals surface area contributed by atoms with Gasteiger partial charge in [0.05, 0.1) is 7.11 Å². The molecule has 0 saturated heterocycles. The van der Waals surface area contributed by atoms with E-state index in [0.29, 0.717) is 0 Å². The highest BCUT2D eigenvalue weighted by atomic mass is 32.2. The minimum atomic E-state index is -3.87. The van der Waals surface area contributed by atoms with Crippen molar-refractivity contribution in [2.45, 2.75) is 10.8 Å². The van der Waals surface area contributed by atoms with Crippen LogP contribution in [0, 0.1) is 0 Å². The third kappa shape index (κ3) is 4.12. The van der Waals surface area contributed by atoms with Gasteiger partial charge in [0.15, 0.2) is 0 Å². The molecule has 1 unspecified atom stereocenters. The number of ether oxygens (including phenoxy) is 1. The number of H-pyrrole nitrogens is 1. The molecule has 0 aliphatic carbocycles. The van der Waals surface area contributed by atoms with Crippen LogP contribution < -0.4 is 15.2 Å². The second-order valence-electron chi connectivity index (χ2n) is 7.50. The predicted octanol–water partition coefficient (Wildman–Crippen LogP) is 2.72. The number of aromatic nitrogens is 2. The summed E-state index contributed by atoms with van der Waals surface area (Å²) in [6, 6.07) is 16.7. The molecule has 4 N–H and O–H groups in total. The van der Waals surface area contributed by atoms with Crippen molar-refractivity contribution >= 4 is 26.8 Å². The van der Waals surface area contributed by atoms with Crippen LogP contribution in [0.1, 0.15) is 27.5 Å². The number of carbonyl (C=O) groups is 1. The normalized spacial score (nSPS) is 12.7. The first-order chi connectivity index (χ1) is 15.3. The van der Waals surface area contributed by atoms with E-state index >= 15 is 0 Å². The molecule has 2 aromatic carbocycles. The molecule has 0 bridgehead atoms. The minimum absolute atomic E-state index is 0.0128. The minimum Gasteiger partial charge on any atom is -0.497 e. The number of benzene rings is 2. The molecule has 1 amide bonds. The largest absolute Gasteiger partial charge is 0.497 e. The third-order valence-corrected chi connectivity index (χ3v) is 6.93. The quantitative estimate of drug-likeness (QED) is 0.381. The van der Waals surface area contributed by atoms with Crippen LogP contribution in [0.15, 0.2) is 71.9 Å². The molecule has 4 rings (SSSR count). The van der Waals surface area contributed by atoms with E-state index in [1.54, 1.807) is 14.2 Å². The maximum absolute atomic E-state index is 13.0. The Morgan fingerprint density at radius 3 is 2.56 bits per heavy atom. The summed E-state index contributed by atoms with van der Waals surface area (Å²) in [7, 11) is -0.697. The number of nitrogens with two attached hydrogens (primary N) is 1. The van der Waals surface area contributed by atoms with Crippen molar-refractivity contribution in [1.82, 2.24) is 14.3 Å². The predicted molar refractivity (Wildman–Crippen MR) is 122 cm³/mol. The fourth-order valence-corrected chi connectivity index (χ4v) is 4.94. The molecule has 0 saturated carbocycles. The fraction of sp³-hybridized carbons (Fsp3) is 0.174. The number of sulfonamides is 1. The average Bonchev–Trinajstić information content (AvgIpc) is 3.39. The van der Waals surface area contributed by atoms with Gasteiger partial charge in [0.2, 0.25) is 10.0 Å². The number of hydrogen-bond acceptors (Lipinski definition) is 4. The van der Waals surface area contributed by atoms with Crippen LogP contribution in [0.2, 0.25) is 0 Å². The first-order valence-corrected chi connectivity index (χ1v) is 11.4. The summed E-state index contributed by atoms with van der Waals surface area (Å²) in [6.45, 7) is 0.122. The van der Waals surface area contributed by atoms with Gasteiger partial charge in [-0.25, -0.2) is 13.1 Å². The van der Waals surface area contributed by atoms with Gasteiger partial charge in [-0.05, 0) is 35.4 Å². The molecule has 4 aromatic rings. The lowest BCUT2D eigenvalue weighted by molar-refractivity contribution is 0.0992. The Balaban J connectivity index is 1.69. The SMILES string of the molecule is COc1ccc(C(CNS(=O)(=O)c2cc(C(N)=O)n(C)c2)c2c[nH]c3ccccc23)cc1. The topological polar surface area (TPSA) is 119 Å². The summed E-state index contributed by atoms with van der Waals surface area (Å²) in [5.41, 5.74) is 8.32. The van der Waals surface area contributed by atoms with Gasteiger partial charge in [0, 0.05) is 42.8 Å². The van der Waals surface area contributed by atoms with Gasteiger partial charge in [0.25, 0.3) is 5.91 Å². The smallest absolute Gasteiger partial charge is 0.265 e. The average molecular weight is 453 g/mol. The first-order valence-electron chi connectivity index (χ1n) is 9.96. The zero-order valence-corrected chi connectivity index (χ0v) is 18.5. The van der Waals surface area contributed by atoms with Crippen LogP contribution in [0.25, 0.3) is 10.9 Å². The lowest BCUT2D eigenvalue weighted by Crippen LogP contribution is -2.29. The Labute approximate surface area is 186 Å². The number of amides is 1.